The monoisotopic (exact) mass is 513 g/mol. The van der Waals surface area contributed by atoms with Crippen molar-refractivity contribution in [3.05, 3.63) is 59.2 Å². The zero-order chi connectivity index (χ0) is 24.7. The van der Waals surface area contributed by atoms with Crippen molar-refractivity contribution in [3.63, 3.8) is 0 Å². The SMILES string of the molecule is C[C@@H]1CN(S(=O)(=O)c2ccc(Nc3ncc4c(n3)-c3ccc(Cl)cc3NC(=O)C4)cc2)C[C@H](C)O1. The molecule has 0 spiro atoms. The van der Waals surface area contributed by atoms with E-state index in [1.807, 2.05) is 19.9 Å². The number of hydrogen-bond donors (Lipinski definition) is 2. The first-order chi connectivity index (χ1) is 16.7. The molecule has 11 heteroatoms. The quantitative estimate of drug-likeness (QED) is 0.545. The first-order valence-electron chi connectivity index (χ1n) is 11.2. The molecule has 2 atom stereocenters. The molecule has 3 heterocycles. The molecule has 3 aromatic rings. The summed E-state index contributed by atoms with van der Waals surface area (Å²) in [6.07, 6.45) is 1.44. The first-order valence-corrected chi connectivity index (χ1v) is 13.0. The van der Waals surface area contributed by atoms with E-state index < -0.39 is 10.0 Å². The second-order valence-electron chi connectivity index (χ2n) is 8.71. The average molecular weight is 514 g/mol. The van der Waals surface area contributed by atoms with Crippen molar-refractivity contribution < 1.29 is 17.9 Å². The normalized spacial score (nSPS) is 20.4. The number of hydrogen-bond acceptors (Lipinski definition) is 7. The molecule has 2 N–H and O–H groups in total. The van der Waals surface area contributed by atoms with E-state index in [1.165, 1.54) is 4.31 Å². The highest BCUT2D eigenvalue weighted by atomic mass is 35.5. The van der Waals surface area contributed by atoms with Crippen LogP contribution >= 0.6 is 11.6 Å². The van der Waals surface area contributed by atoms with Gasteiger partial charge in [0.1, 0.15) is 0 Å². The number of anilines is 3. The van der Waals surface area contributed by atoms with Crippen molar-refractivity contribution in [1.29, 1.82) is 0 Å². The van der Waals surface area contributed by atoms with Gasteiger partial charge in [-0.05, 0) is 56.3 Å². The van der Waals surface area contributed by atoms with Crippen molar-refractivity contribution in [2.75, 3.05) is 23.7 Å². The highest BCUT2D eigenvalue weighted by Gasteiger charge is 2.32. The van der Waals surface area contributed by atoms with Crippen LogP contribution in [0.5, 0.6) is 0 Å². The summed E-state index contributed by atoms with van der Waals surface area (Å²) in [6, 6.07) is 11.7. The van der Waals surface area contributed by atoms with Crippen LogP contribution in [0.25, 0.3) is 11.3 Å². The summed E-state index contributed by atoms with van der Waals surface area (Å²) in [5.41, 5.74) is 3.29. The maximum Gasteiger partial charge on any atom is 0.243 e. The molecule has 2 aliphatic heterocycles. The Morgan fingerprint density at radius 3 is 2.54 bits per heavy atom. The topological polar surface area (TPSA) is 114 Å². The van der Waals surface area contributed by atoms with Crippen LogP contribution < -0.4 is 10.6 Å². The second-order valence-corrected chi connectivity index (χ2v) is 11.1. The van der Waals surface area contributed by atoms with Crippen molar-refractivity contribution in [2.45, 2.75) is 37.4 Å². The number of ether oxygens (including phenoxy) is 1. The van der Waals surface area contributed by atoms with Gasteiger partial charge in [-0.1, -0.05) is 11.6 Å². The zero-order valence-corrected chi connectivity index (χ0v) is 20.7. The standard InChI is InChI=1S/C24H24ClN5O4S/c1-14-12-30(13-15(2)34-14)35(32,33)19-6-4-18(5-7-19)27-24-26-11-16-9-22(31)28-21-10-17(25)3-8-20(21)23(16)29-24/h3-8,10-11,14-15H,9,12-13H2,1-2H3,(H,28,31)(H,26,27,29)/t14-,15+. The maximum atomic E-state index is 13.1. The fraction of sp³-hybridized carbons (Fsp3) is 0.292. The number of carbonyl (C=O) groups excluding carboxylic acids is 1. The molecule has 1 saturated heterocycles. The van der Waals surface area contributed by atoms with E-state index >= 15 is 0 Å². The van der Waals surface area contributed by atoms with E-state index in [1.54, 1.807) is 42.6 Å². The number of sulfonamides is 1. The molecule has 0 radical (unpaired) electrons. The Hall–Kier alpha value is -3.05. The number of amides is 1. The Morgan fingerprint density at radius 2 is 1.83 bits per heavy atom. The van der Waals surface area contributed by atoms with E-state index in [0.29, 0.717) is 46.7 Å². The summed E-state index contributed by atoms with van der Waals surface area (Å²) in [6.45, 7) is 4.37. The third kappa shape index (κ3) is 4.87. The molecule has 1 fully saturated rings. The summed E-state index contributed by atoms with van der Waals surface area (Å²) in [5, 5.41) is 6.48. The van der Waals surface area contributed by atoms with Crippen LogP contribution in [0.2, 0.25) is 5.02 Å². The van der Waals surface area contributed by atoms with Crippen molar-refractivity contribution in [3.8, 4) is 11.3 Å². The second kappa shape index (κ2) is 9.19. The number of rotatable bonds is 4. The van der Waals surface area contributed by atoms with Gasteiger partial charge >= 0.3 is 0 Å². The third-order valence-electron chi connectivity index (χ3n) is 5.86. The minimum Gasteiger partial charge on any atom is -0.373 e. The summed E-state index contributed by atoms with van der Waals surface area (Å²) in [4.78, 5) is 21.5. The summed E-state index contributed by atoms with van der Waals surface area (Å²) >= 11 is 6.10. The van der Waals surface area contributed by atoms with Gasteiger partial charge in [0.2, 0.25) is 21.9 Å². The van der Waals surface area contributed by atoms with Crippen LogP contribution in [0, 0.1) is 0 Å². The molecule has 0 unspecified atom stereocenters. The van der Waals surface area contributed by atoms with Gasteiger partial charge in [-0.2, -0.15) is 4.31 Å². The predicted octanol–water partition coefficient (Wildman–Crippen LogP) is 3.83. The lowest BCUT2D eigenvalue weighted by Gasteiger charge is -2.34. The molecular weight excluding hydrogens is 490 g/mol. The number of morpholine rings is 1. The van der Waals surface area contributed by atoms with Gasteiger partial charge in [-0.3, -0.25) is 4.79 Å². The molecule has 2 aliphatic rings. The van der Waals surface area contributed by atoms with E-state index in [9.17, 15) is 13.2 Å². The Morgan fingerprint density at radius 1 is 1.11 bits per heavy atom. The van der Waals surface area contributed by atoms with Crippen LogP contribution in [-0.4, -0.2) is 53.9 Å². The van der Waals surface area contributed by atoms with Gasteiger partial charge < -0.3 is 15.4 Å². The lowest BCUT2D eigenvalue weighted by molar-refractivity contribution is -0.115. The van der Waals surface area contributed by atoms with Crippen LogP contribution in [0.3, 0.4) is 0 Å². The molecule has 1 aromatic heterocycles. The molecule has 9 nitrogen and oxygen atoms in total. The summed E-state index contributed by atoms with van der Waals surface area (Å²) in [7, 11) is -3.63. The Balaban J connectivity index is 1.39. The van der Waals surface area contributed by atoms with Crippen molar-refractivity contribution in [2.24, 2.45) is 0 Å². The molecule has 0 bridgehead atoms. The predicted molar refractivity (Wildman–Crippen MR) is 133 cm³/mol. The lowest BCUT2D eigenvalue weighted by atomic mass is 10.1. The number of halogens is 1. The Bertz CT molecular complexity index is 1390. The molecule has 1 amide bonds. The Kier molecular flexibility index (Phi) is 6.22. The van der Waals surface area contributed by atoms with Gasteiger partial charge in [0.25, 0.3) is 0 Å². The van der Waals surface area contributed by atoms with E-state index in [2.05, 4.69) is 20.6 Å². The number of benzene rings is 2. The summed E-state index contributed by atoms with van der Waals surface area (Å²) in [5.74, 6) is 0.155. The van der Waals surface area contributed by atoms with E-state index in [-0.39, 0.29) is 29.4 Å². The molecule has 5 rings (SSSR count). The zero-order valence-electron chi connectivity index (χ0n) is 19.2. The highest BCUT2D eigenvalue weighted by Crippen LogP contribution is 2.35. The smallest absolute Gasteiger partial charge is 0.243 e. The number of nitrogens with zero attached hydrogens (tertiary/aromatic N) is 3. The fourth-order valence-corrected chi connectivity index (χ4v) is 6.10. The molecule has 0 aliphatic carbocycles. The van der Waals surface area contributed by atoms with Crippen molar-refractivity contribution >= 4 is 44.9 Å². The third-order valence-corrected chi connectivity index (χ3v) is 7.94. The van der Waals surface area contributed by atoms with Gasteiger partial charge in [-0.25, -0.2) is 18.4 Å². The average Bonchev–Trinajstić information content (AvgIpc) is 2.93. The maximum absolute atomic E-state index is 13.1. The van der Waals surface area contributed by atoms with Gasteiger partial charge in [0.05, 0.1) is 34.9 Å². The van der Waals surface area contributed by atoms with Crippen molar-refractivity contribution in [1.82, 2.24) is 14.3 Å². The highest BCUT2D eigenvalue weighted by molar-refractivity contribution is 7.89. The van der Waals surface area contributed by atoms with Gasteiger partial charge in [0, 0.05) is 41.1 Å². The molecular formula is C24H24ClN5O4S. The lowest BCUT2D eigenvalue weighted by Crippen LogP contribution is -2.48. The number of nitrogens with one attached hydrogen (secondary N) is 2. The number of aromatic nitrogens is 2. The van der Waals surface area contributed by atoms with Crippen LogP contribution in [0.4, 0.5) is 17.3 Å². The minimum atomic E-state index is -3.63. The van der Waals surface area contributed by atoms with Crippen LogP contribution in [-0.2, 0) is 26.0 Å². The Labute approximate surface area is 208 Å². The fourth-order valence-electron chi connectivity index (χ4n) is 4.34. The molecule has 2 aromatic carbocycles. The number of carbonyl (C=O) groups is 1. The number of fused-ring (bicyclic) bond motifs is 3. The van der Waals surface area contributed by atoms with Crippen LogP contribution in [0.15, 0.2) is 53.6 Å². The molecule has 35 heavy (non-hydrogen) atoms. The summed E-state index contributed by atoms with van der Waals surface area (Å²) < 4.78 is 33.3. The van der Waals surface area contributed by atoms with Gasteiger partial charge in [0.15, 0.2) is 0 Å². The minimum absolute atomic E-state index is 0.146. The van der Waals surface area contributed by atoms with Gasteiger partial charge in [-0.15, -0.1) is 0 Å². The molecule has 182 valence electrons. The van der Waals surface area contributed by atoms with E-state index in [4.69, 9.17) is 16.3 Å². The van der Waals surface area contributed by atoms with E-state index in [0.717, 1.165) is 5.56 Å². The molecule has 0 saturated carbocycles. The largest absolute Gasteiger partial charge is 0.373 e. The first kappa shape index (κ1) is 23.7. The van der Waals surface area contributed by atoms with Crippen LogP contribution in [0.1, 0.15) is 19.4 Å².